The first-order valence-electron chi connectivity index (χ1n) is 11.2. The fraction of sp³-hybridized carbons (Fsp3) is 0.458. The van der Waals surface area contributed by atoms with Crippen LogP contribution in [0.5, 0.6) is 0 Å². The van der Waals surface area contributed by atoms with Gasteiger partial charge in [0.1, 0.15) is 0 Å². The number of sulfonamides is 1. The first-order valence-corrected chi connectivity index (χ1v) is 18.9. The number of nitrogens with one attached hydrogen (secondary N) is 1. The van der Waals surface area contributed by atoms with Crippen LogP contribution in [-0.2, 0) is 20.8 Å². The standard InChI is InChI=1S/C19H17N2O2S.C5H5.Fe/c1-15-10-12-18(13-11-15)24(22,23)21-20-14-17-8-4-5-9-19(17)16-6-2-3-7-16;1-2-4-5-3-1;/h2-14,21H,1H3;1-5H;. The van der Waals surface area contributed by atoms with E-state index in [-0.39, 0.29) is 4.90 Å². The molecule has 6 heteroatoms. The van der Waals surface area contributed by atoms with Crippen molar-refractivity contribution in [1.29, 1.82) is 0 Å². The minimum atomic E-state index is -3.63. The van der Waals surface area contributed by atoms with Crippen LogP contribution in [-0.4, -0.2) is 14.6 Å². The molecular weight excluding hydrogens is 436 g/mol. The third-order valence-corrected chi connectivity index (χ3v) is 61.3. The van der Waals surface area contributed by atoms with Crippen molar-refractivity contribution in [2.45, 2.75) is 59.5 Å². The van der Waals surface area contributed by atoms with Gasteiger partial charge in [-0.2, -0.15) is 0 Å². The molecule has 10 aliphatic heterocycles. The molecule has 4 unspecified atom stereocenters. The van der Waals surface area contributed by atoms with Crippen LogP contribution in [0.4, 0.5) is 0 Å². The third kappa shape index (κ3) is 0.269. The van der Waals surface area contributed by atoms with Crippen molar-refractivity contribution in [3.8, 4) is 0 Å². The van der Waals surface area contributed by atoms with Crippen LogP contribution in [0.25, 0.3) is 0 Å². The summed E-state index contributed by atoms with van der Waals surface area (Å²) < 4.78 is 25.9. The summed E-state index contributed by atoms with van der Waals surface area (Å²) >= 11 is 0. The van der Waals surface area contributed by atoms with Crippen LogP contribution in [0.2, 0.25) is 43.3 Å². The van der Waals surface area contributed by atoms with Gasteiger partial charge >= 0.3 is 166 Å². The Kier molecular flexibility index (Phi) is 0.785. The van der Waals surface area contributed by atoms with Crippen LogP contribution < -0.4 is 4.83 Å². The first-order chi connectivity index (χ1) is 14.2. The third-order valence-electron chi connectivity index (χ3n) is 17.8. The fourth-order valence-electron chi connectivity index (χ4n) is 18.8. The average Bonchev–Trinajstić information content (AvgIpc) is 3.68. The molecular formula is C24H22FeN2O2S. The molecule has 0 aliphatic carbocycles. The van der Waals surface area contributed by atoms with Gasteiger partial charge in [-0.1, -0.05) is 0 Å². The van der Waals surface area contributed by atoms with Gasteiger partial charge in [-0.15, -0.1) is 0 Å². The van der Waals surface area contributed by atoms with Crippen molar-refractivity contribution in [2.75, 3.05) is 0 Å². The Balaban J connectivity index is 0.997. The molecule has 0 aromatic heterocycles. The molecule has 2 aromatic rings. The number of hydrazone groups is 1. The van der Waals surface area contributed by atoms with E-state index < -0.39 is 16.5 Å². The topological polar surface area (TPSA) is 58.5 Å². The average molecular weight is 458 g/mol. The number of nitrogens with zero attached hydrogens (tertiary/aromatic N) is 1. The Morgan fingerprint density at radius 1 is 0.900 bits per heavy atom. The summed E-state index contributed by atoms with van der Waals surface area (Å²) in [6.07, 6.45) is 1.80. The molecule has 0 saturated carbocycles. The van der Waals surface area contributed by atoms with Crippen LogP contribution in [0.1, 0.15) is 16.7 Å². The molecule has 10 heterocycles. The van der Waals surface area contributed by atoms with E-state index in [9.17, 15) is 8.42 Å². The van der Waals surface area contributed by atoms with Gasteiger partial charge in [0.25, 0.3) is 0 Å². The summed E-state index contributed by atoms with van der Waals surface area (Å²) in [4.78, 5) is 14.0. The Labute approximate surface area is 165 Å². The summed E-state index contributed by atoms with van der Waals surface area (Å²) in [5.41, 5.74) is 3.81. The summed E-state index contributed by atoms with van der Waals surface area (Å²) in [5, 5.41) is 4.25. The van der Waals surface area contributed by atoms with E-state index in [4.69, 9.17) is 0 Å². The zero-order chi connectivity index (χ0) is 19.6. The Morgan fingerprint density at radius 2 is 1.50 bits per heavy atom. The predicted molar refractivity (Wildman–Crippen MR) is 111 cm³/mol. The maximum absolute atomic E-state index is 12.6. The van der Waals surface area contributed by atoms with Gasteiger partial charge in [0.2, 0.25) is 0 Å². The van der Waals surface area contributed by atoms with E-state index in [0.717, 1.165) is 5.56 Å². The predicted octanol–water partition coefficient (Wildman–Crippen LogP) is 5.10. The van der Waals surface area contributed by atoms with E-state index in [0.29, 0.717) is 4.31 Å². The Bertz CT molecular complexity index is 1760. The number of fused-ring (bicyclic) bond motifs is 10. The molecule has 0 radical (unpaired) electrons. The van der Waals surface area contributed by atoms with Crippen LogP contribution in [0.15, 0.2) is 58.5 Å². The van der Waals surface area contributed by atoms with Gasteiger partial charge in [-0.3, -0.25) is 0 Å². The molecule has 4 atom stereocenters. The van der Waals surface area contributed by atoms with Crippen molar-refractivity contribution in [2.24, 2.45) is 5.10 Å². The van der Waals surface area contributed by atoms with Gasteiger partial charge in [-0.05, 0) is 0 Å². The van der Waals surface area contributed by atoms with Crippen LogP contribution >= 0.6 is 0 Å². The minimum absolute atomic E-state index is 0.259. The van der Waals surface area contributed by atoms with E-state index >= 15 is 0 Å². The Hall–Kier alpha value is -1.62. The van der Waals surface area contributed by atoms with Crippen molar-refractivity contribution < 1.29 is 14.9 Å². The van der Waals surface area contributed by atoms with Crippen LogP contribution in [0, 0.1) is 6.92 Å². The SMILES string of the molecule is Cc1ccc(S(=O)(=O)NN=Cc2ccccc2[C]23[CH]4[CH]5[CH]6[CH]2[Fe]56432789[CH]3[CH]2[CH]7[CH]8[CH]39)cc1. The van der Waals surface area contributed by atoms with E-state index in [2.05, 4.69) is 34.2 Å². The van der Waals surface area contributed by atoms with Crippen molar-refractivity contribution >= 4 is 16.2 Å². The monoisotopic (exact) mass is 458 g/mol. The molecule has 12 rings (SSSR count). The van der Waals surface area contributed by atoms with Crippen LogP contribution in [0.3, 0.4) is 0 Å². The van der Waals surface area contributed by atoms with Gasteiger partial charge in [0.15, 0.2) is 0 Å². The molecule has 30 heavy (non-hydrogen) atoms. The molecule has 1 spiro atoms. The van der Waals surface area contributed by atoms with Gasteiger partial charge in [-0.25, -0.2) is 0 Å². The number of aryl methyl sites for hydroxylation is 1. The summed E-state index contributed by atoms with van der Waals surface area (Å²) in [5.74, 6) is 0. The number of hydrogen-bond acceptors (Lipinski definition) is 3. The second-order valence-corrected chi connectivity index (χ2v) is 39.2. The molecule has 10 aliphatic rings. The second-order valence-electron chi connectivity index (χ2n) is 13.9. The number of rotatable bonds is 5. The molecule has 1 N–H and O–H groups in total. The molecule has 0 bridgehead atoms. The normalized spacial score (nSPS) is 73.2. The first kappa shape index (κ1) is 13.7. The van der Waals surface area contributed by atoms with Gasteiger partial charge in [0, 0.05) is 0 Å². The van der Waals surface area contributed by atoms with E-state index in [1.807, 2.05) is 19.1 Å². The molecule has 2 aromatic carbocycles. The quantitative estimate of drug-likeness (QED) is 0.385. The van der Waals surface area contributed by atoms with E-state index in [1.165, 1.54) is 48.9 Å². The van der Waals surface area contributed by atoms with E-state index in [1.54, 1.807) is 23.9 Å². The van der Waals surface area contributed by atoms with Gasteiger partial charge in [0.05, 0.1) is 0 Å². The number of hydrogen-bond donors (Lipinski definition) is 1. The molecule has 10 saturated heterocycles. The van der Waals surface area contributed by atoms with Crippen molar-refractivity contribution in [3.63, 3.8) is 0 Å². The second kappa shape index (κ2) is 1.72. The van der Waals surface area contributed by atoms with Gasteiger partial charge < -0.3 is 0 Å². The Morgan fingerprint density at radius 3 is 2.03 bits per heavy atom. The van der Waals surface area contributed by atoms with Crippen molar-refractivity contribution in [3.05, 3.63) is 65.2 Å². The fourth-order valence-corrected chi connectivity index (χ4v) is 93.8. The molecule has 154 valence electrons. The maximum atomic E-state index is 12.6. The zero-order valence-corrected chi connectivity index (χ0v) is 18.3. The molecule has 4 nitrogen and oxygen atoms in total. The molecule has 0 amide bonds. The molecule has 10 fully saturated rings. The zero-order valence-electron chi connectivity index (χ0n) is 16.4. The van der Waals surface area contributed by atoms with Crippen molar-refractivity contribution in [1.82, 2.24) is 4.83 Å². The summed E-state index contributed by atoms with van der Waals surface area (Å²) in [6.45, 7) is -1.30. The summed E-state index contributed by atoms with van der Waals surface area (Å²) in [7, 11) is -3.63. The number of benzene rings is 2. The summed E-state index contributed by atoms with van der Waals surface area (Å²) in [6, 6.07) is 15.8.